The molecule has 4 heteroatoms. The molecule has 1 aliphatic rings. The molecule has 0 spiro atoms. The third-order valence-corrected chi connectivity index (χ3v) is 10.9. The molecule has 9 aromatic rings. The Bertz CT molecular complexity index is 2700. The summed E-state index contributed by atoms with van der Waals surface area (Å²) >= 11 is 1.87. The molecule has 3 heterocycles. The summed E-state index contributed by atoms with van der Waals surface area (Å²) in [6.45, 7) is 0.664. The topological polar surface area (TPSA) is 28.4 Å². The average Bonchev–Trinajstić information content (AvgIpc) is 3.72. The Labute approximate surface area is 288 Å². The van der Waals surface area contributed by atoms with Gasteiger partial charge in [0.25, 0.3) is 0 Å². The second-order valence-corrected chi connectivity index (χ2v) is 13.7. The number of benzene rings is 7. The quantitative estimate of drug-likeness (QED) is 0.202. The van der Waals surface area contributed by atoms with Crippen molar-refractivity contribution in [1.29, 1.82) is 0 Å². The molecule has 0 fully saturated rings. The van der Waals surface area contributed by atoms with Gasteiger partial charge in [-0.3, -0.25) is 0 Å². The number of furan rings is 1. The van der Waals surface area contributed by atoms with Crippen molar-refractivity contribution in [3.8, 4) is 22.3 Å². The van der Waals surface area contributed by atoms with E-state index in [0.29, 0.717) is 6.54 Å². The summed E-state index contributed by atoms with van der Waals surface area (Å²) in [5.74, 6) is 0.852. The minimum absolute atomic E-state index is 0.664. The number of fused-ring (bicyclic) bond motifs is 7. The van der Waals surface area contributed by atoms with Gasteiger partial charge in [-0.25, -0.2) is 0 Å². The molecule has 0 atom stereocenters. The molecule has 0 radical (unpaired) electrons. The molecule has 49 heavy (non-hydrogen) atoms. The summed E-state index contributed by atoms with van der Waals surface area (Å²) < 4.78 is 9.15. The van der Waals surface area contributed by atoms with Gasteiger partial charge in [-0.05, 0) is 75.5 Å². The summed E-state index contributed by atoms with van der Waals surface area (Å²) in [5.41, 5.74) is 10.1. The lowest BCUT2D eigenvalue weighted by molar-refractivity contribution is 0.603. The van der Waals surface area contributed by atoms with Gasteiger partial charge in [0.1, 0.15) is 5.58 Å². The van der Waals surface area contributed by atoms with Crippen LogP contribution in [0.15, 0.2) is 168 Å². The maximum absolute atomic E-state index is 6.51. The van der Waals surface area contributed by atoms with Crippen molar-refractivity contribution in [2.75, 3.05) is 16.8 Å². The lowest BCUT2D eigenvalue weighted by Crippen LogP contribution is -2.24. The van der Waals surface area contributed by atoms with Gasteiger partial charge in [-0.2, -0.15) is 0 Å². The van der Waals surface area contributed by atoms with Crippen LogP contribution in [0, 0.1) is 0 Å². The van der Waals surface area contributed by atoms with E-state index in [-0.39, 0.29) is 0 Å². The van der Waals surface area contributed by atoms with Crippen LogP contribution in [0.3, 0.4) is 0 Å². The maximum Gasteiger partial charge on any atom is 0.153 e. The van der Waals surface area contributed by atoms with E-state index in [2.05, 4.69) is 174 Å². The SMILES string of the molecule is C1=C(N(c2ccc(-c3ccccc3)cc2)c2ccc(-c3cccc4c3sc3ccccc34)cc2)CNc2c1oc1cc3ccccc3cc21. The van der Waals surface area contributed by atoms with Gasteiger partial charge in [-0.1, -0.05) is 115 Å². The molecule has 0 bridgehead atoms. The van der Waals surface area contributed by atoms with E-state index < -0.39 is 0 Å². The molecule has 0 saturated carbocycles. The van der Waals surface area contributed by atoms with Gasteiger partial charge in [0.2, 0.25) is 0 Å². The molecular weight excluding hydrogens is 617 g/mol. The van der Waals surface area contributed by atoms with Crippen LogP contribution in [0.25, 0.3) is 70.2 Å². The van der Waals surface area contributed by atoms with E-state index >= 15 is 0 Å². The van der Waals surface area contributed by atoms with Crippen molar-refractivity contribution in [3.05, 3.63) is 169 Å². The van der Waals surface area contributed by atoms with Crippen LogP contribution in [0.4, 0.5) is 17.1 Å². The van der Waals surface area contributed by atoms with Gasteiger partial charge in [0.15, 0.2) is 5.76 Å². The maximum atomic E-state index is 6.51. The van der Waals surface area contributed by atoms with E-state index in [1.807, 2.05) is 11.3 Å². The first-order valence-electron chi connectivity index (χ1n) is 16.6. The van der Waals surface area contributed by atoms with Crippen LogP contribution >= 0.6 is 11.3 Å². The minimum Gasteiger partial charge on any atom is -0.454 e. The number of nitrogens with one attached hydrogen (secondary N) is 1. The molecule has 0 aliphatic carbocycles. The molecule has 7 aromatic carbocycles. The predicted molar refractivity (Wildman–Crippen MR) is 209 cm³/mol. The number of nitrogens with zero attached hydrogens (tertiary/aromatic N) is 1. The lowest BCUT2D eigenvalue weighted by Gasteiger charge is -2.30. The van der Waals surface area contributed by atoms with E-state index in [1.165, 1.54) is 53.2 Å². The zero-order valence-corrected chi connectivity index (χ0v) is 27.4. The fourth-order valence-corrected chi connectivity index (χ4v) is 8.53. The summed E-state index contributed by atoms with van der Waals surface area (Å²) in [7, 11) is 0. The van der Waals surface area contributed by atoms with Crippen molar-refractivity contribution >= 4 is 76.4 Å². The Kier molecular flexibility index (Phi) is 6.42. The van der Waals surface area contributed by atoms with Crippen molar-refractivity contribution in [3.63, 3.8) is 0 Å². The third kappa shape index (κ3) is 4.72. The van der Waals surface area contributed by atoms with Crippen LogP contribution in [0.5, 0.6) is 0 Å². The molecule has 0 unspecified atom stereocenters. The molecule has 0 amide bonds. The number of rotatable bonds is 5. The van der Waals surface area contributed by atoms with E-state index in [1.54, 1.807) is 0 Å². The molecule has 0 saturated heterocycles. The largest absolute Gasteiger partial charge is 0.454 e. The number of hydrogen-bond acceptors (Lipinski definition) is 4. The Hall–Kier alpha value is -6.10. The monoisotopic (exact) mass is 646 g/mol. The second-order valence-electron chi connectivity index (χ2n) is 12.6. The third-order valence-electron chi connectivity index (χ3n) is 9.69. The Morgan fingerprint density at radius 3 is 2.00 bits per heavy atom. The van der Waals surface area contributed by atoms with E-state index in [0.717, 1.165) is 39.5 Å². The highest BCUT2D eigenvalue weighted by Gasteiger charge is 2.24. The minimum atomic E-state index is 0.664. The number of anilines is 3. The molecular formula is C45H30N2OS. The van der Waals surface area contributed by atoms with Gasteiger partial charge in [-0.15, -0.1) is 11.3 Å². The molecule has 1 N–H and O–H groups in total. The first kappa shape index (κ1) is 28.0. The summed E-state index contributed by atoms with van der Waals surface area (Å²) in [6, 6.07) is 56.6. The summed E-state index contributed by atoms with van der Waals surface area (Å²) in [4.78, 5) is 2.35. The zero-order valence-electron chi connectivity index (χ0n) is 26.6. The molecule has 1 aliphatic heterocycles. The zero-order chi connectivity index (χ0) is 32.3. The predicted octanol–water partition coefficient (Wildman–Crippen LogP) is 12.9. The van der Waals surface area contributed by atoms with Crippen molar-refractivity contribution in [1.82, 2.24) is 0 Å². The van der Waals surface area contributed by atoms with Gasteiger partial charge >= 0.3 is 0 Å². The fraction of sp³-hybridized carbons (Fsp3) is 0.0222. The number of thiophene rings is 1. The molecule has 3 nitrogen and oxygen atoms in total. The van der Waals surface area contributed by atoms with Crippen molar-refractivity contribution in [2.24, 2.45) is 0 Å². The highest BCUT2D eigenvalue weighted by molar-refractivity contribution is 7.26. The summed E-state index contributed by atoms with van der Waals surface area (Å²) in [6.07, 6.45) is 2.20. The smallest absolute Gasteiger partial charge is 0.153 e. The fourth-order valence-electron chi connectivity index (χ4n) is 7.29. The standard InChI is InChI=1S/C45H30N2OS/c1-2-9-29(10-3-1)30-17-21-34(22-18-30)47(36-27-42-44(46-28-36)40-25-32-11-4-5-12-33(32)26-41(40)48-42)35-23-19-31(20-24-35)37-14-8-15-39-38-13-6-7-16-43(38)49-45(37)39/h1-27,46H,28H2. The first-order chi connectivity index (χ1) is 24.3. The number of hydrogen-bond donors (Lipinski definition) is 1. The Morgan fingerprint density at radius 1 is 0.551 bits per heavy atom. The summed E-state index contributed by atoms with van der Waals surface area (Å²) in [5, 5.41) is 9.86. The van der Waals surface area contributed by atoms with Crippen LogP contribution in [-0.4, -0.2) is 6.54 Å². The van der Waals surface area contributed by atoms with E-state index in [4.69, 9.17) is 4.42 Å². The molecule has 232 valence electrons. The van der Waals surface area contributed by atoms with Crippen LogP contribution < -0.4 is 10.2 Å². The highest BCUT2D eigenvalue weighted by Crippen LogP contribution is 2.43. The van der Waals surface area contributed by atoms with Gasteiger partial charge in [0.05, 0.1) is 12.2 Å². The van der Waals surface area contributed by atoms with Gasteiger partial charge < -0.3 is 14.6 Å². The Balaban J connectivity index is 1.08. The van der Waals surface area contributed by atoms with Crippen molar-refractivity contribution < 1.29 is 4.42 Å². The average molecular weight is 647 g/mol. The van der Waals surface area contributed by atoms with Crippen LogP contribution in [0.2, 0.25) is 0 Å². The highest BCUT2D eigenvalue weighted by atomic mass is 32.1. The van der Waals surface area contributed by atoms with Crippen LogP contribution in [-0.2, 0) is 0 Å². The molecule has 10 rings (SSSR count). The second kappa shape index (κ2) is 11.3. The Morgan fingerprint density at radius 2 is 1.20 bits per heavy atom. The van der Waals surface area contributed by atoms with E-state index in [9.17, 15) is 0 Å². The van der Waals surface area contributed by atoms with Gasteiger partial charge in [0, 0.05) is 48.7 Å². The normalized spacial score (nSPS) is 12.7. The lowest BCUT2D eigenvalue weighted by atomic mass is 10.0. The first-order valence-corrected chi connectivity index (χ1v) is 17.4. The van der Waals surface area contributed by atoms with Crippen LogP contribution in [0.1, 0.15) is 5.76 Å². The van der Waals surface area contributed by atoms with Crippen molar-refractivity contribution in [2.45, 2.75) is 0 Å². The molecule has 2 aromatic heterocycles.